The Morgan fingerprint density at radius 2 is 1.50 bits per heavy atom. The Bertz CT molecular complexity index is 1900. The van der Waals surface area contributed by atoms with Gasteiger partial charge in [0.2, 0.25) is 0 Å². The smallest absolute Gasteiger partial charge is 0.320 e. The molecule has 0 spiro atoms. The molecule has 1 heterocycles. The van der Waals surface area contributed by atoms with E-state index >= 15 is 4.39 Å². The minimum Gasteiger partial charge on any atom is -0.320 e. The first-order valence-electron chi connectivity index (χ1n) is 12.7. The summed E-state index contributed by atoms with van der Waals surface area (Å²) in [6.07, 6.45) is -11.3. The molecule has 0 radical (unpaired) electrons. The van der Waals surface area contributed by atoms with E-state index in [-0.39, 0.29) is 45.9 Å². The van der Waals surface area contributed by atoms with Gasteiger partial charge in [-0.1, -0.05) is 6.07 Å². The van der Waals surface area contributed by atoms with Gasteiger partial charge in [-0.2, -0.15) is 40.2 Å². The van der Waals surface area contributed by atoms with Crippen LogP contribution < -0.4 is 10.6 Å². The van der Waals surface area contributed by atoms with Gasteiger partial charge in [0.15, 0.2) is 0 Å². The highest BCUT2D eigenvalue weighted by molar-refractivity contribution is 9.11. The first-order chi connectivity index (χ1) is 22.1. The maximum atomic E-state index is 15.0. The number of nitro groups is 1. The Kier molecular flexibility index (Phi) is 9.70. The van der Waals surface area contributed by atoms with E-state index in [9.17, 15) is 54.8 Å². The third kappa shape index (κ3) is 6.47. The van der Waals surface area contributed by atoms with Gasteiger partial charge in [-0.15, -0.1) is 0 Å². The second kappa shape index (κ2) is 12.8. The van der Waals surface area contributed by atoms with Gasteiger partial charge >= 0.3 is 23.9 Å². The molecule has 1 atom stereocenters. The summed E-state index contributed by atoms with van der Waals surface area (Å²) in [5.41, 5.74) is -9.50. The number of amides is 2. The quantitative estimate of drug-likeness (QED) is 0.104. The van der Waals surface area contributed by atoms with E-state index < -0.39 is 60.9 Å². The topological polar surface area (TPSA) is 132 Å². The molecule has 3 aromatic carbocycles. The Morgan fingerprint density at radius 1 is 0.875 bits per heavy atom. The van der Waals surface area contributed by atoms with Crippen LogP contribution in [-0.4, -0.2) is 49.8 Å². The highest BCUT2D eigenvalue weighted by Crippen LogP contribution is 2.59. The minimum atomic E-state index is -6.94. The van der Waals surface area contributed by atoms with Gasteiger partial charge < -0.3 is 10.6 Å². The van der Waals surface area contributed by atoms with Crippen molar-refractivity contribution in [1.29, 1.82) is 0 Å². The molecule has 1 aromatic heterocycles. The predicted octanol–water partition coefficient (Wildman–Crippen LogP) is 8.44. The van der Waals surface area contributed by atoms with Crippen molar-refractivity contribution >= 4 is 60.7 Å². The highest BCUT2D eigenvalue weighted by atomic mass is 79.9. The molecule has 4 aromatic rings. The number of hydrogen-bond acceptors (Lipinski definition) is 6. The fourth-order valence-electron chi connectivity index (χ4n) is 4.36. The van der Waals surface area contributed by atoms with Gasteiger partial charge in [0.1, 0.15) is 12.7 Å². The number of nitrogens with one attached hydrogen (secondary N) is 2. The highest BCUT2D eigenvalue weighted by Gasteiger charge is 2.81. The van der Waals surface area contributed by atoms with Crippen LogP contribution in [0.4, 0.5) is 56.6 Å². The summed E-state index contributed by atoms with van der Waals surface area (Å²) >= 11 is 5.36. The van der Waals surface area contributed by atoms with Crippen molar-refractivity contribution in [2.45, 2.75) is 30.9 Å². The van der Waals surface area contributed by atoms with Crippen molar-refractivity contribution in [3.8, 4) is 5.69 Å². The number of alkyl halides is 9. The lowest BCUT2D eigenvalue weighted by molar-refractivity contribution is -0.389. The van der Waals surface area contributed by atoms with Crippen LogP contribution in [0.1, 0.15) is 31.8 Å². The number of nitro benzene ring substituents is 1. The van der Waals surface area contributed by atoms with Crippen LogP contribution in [0, 0.1) is 17.0 Å². The number of aromatic nitrogens is 3. The van der Waals surface area contributed by atoms with Crippen LogP contribution in [-0.2, 0) is 5.67 Å². The number of nitrogens with zero attached hydrogens (tertiary/aromatic N) is 4. The summed E-state index contributed by atoms with van der Waals surface area (Å²) in [7, 11) is 0. The van der Waals surface area contributed by atoms with E-state index in [0.717, 1.165) is 12.4 Å². The van der Waals surface area contributed by atoms with Crippen molar-refractivity contribution in [2.24, 2.45) is 0 Å². The molecule has 1 unspecified atom stereocenters. The van der Waals surface area contributed by atoms with Crippen molar-refractivity contribution in [2.75, 3.05) is 10.6 Å². The summed E-state index contributed by atoms with van der Waals surface area (Å²) < 4.78 is 122. The third-order valence-electron chi connectivity index (χ3n) is 6.78. The van der Waals surface area contributed by atoms with Gasteiger partial charge in [0, 0.05) is 37.3 Å². The predicted molar refractivity (Wildman–Crippen MR) is 157 cm³/mol. The van der Waals surface area contributed by atoms with Crippen molar-refractivity contribution < 1.29 is 54.0 Å². The van der Waals surface area contributed by atoms with Crippen molar-refractivity contribution in [3.63, 3.8) is 0 Å². The molecule has 0 fully saturated rings. The number of carbonyl (C=O) groups excluding carboxylic acids is 2. The number of anilines is 2. The average molecular weight is 818 g/mol. The van der Waals surface area contributed by atoms with Crippen LogP contribution in [0.2, 0.25) is 0 Å². The molecule has 2 amide bonds. The number of halogens is 11. The maximum Gasteiger partial charge on any atom is 0.457 e. The summed E-state index contributed by atoms with van der Waals surface area (Å²) in [5.74, 6) is -8.82. The average Bonchev–Trinajstić information content (AvgIpc) is 3.52. The zero-order valence-electron chi connectivity index (χ0n) is 23.4. The zero-order valence-corrected chi connectivity index (χ0v) is 26.5. The van der Waals surface area contributed by atoms with E-state index in [1.54, 1.807) is 0 Å². The molecule has 0 saturated heterocycles. The molecule has 0 bridgehead atoms. The molecular formula is C27H15Br2F9N6O4. The lowest BCUT2D eigenvalue weighted by Gasteiger charge is -2.36. The first-order valence-corrected chi connectivity index (χ1v) is 14.3. The van der Waals surface area contributed by atoms with Gasteiger partial charge in [-0.3, -0.25) is 19.7 Å². The molecule has 48 heavy (non-hydrogen) atoms. The number of rotatable bonds is 8. The Hall–Kier alpha value is -4.53. The second-order valence-electron chi connectivity index (χ2n) is 9.73. The molecule has 0 aliphatic rings. The first kappa shape index (κ1) is 36.3. The fourth-order valence-corrected chi connectivity index (χ4v) is 5.75. The van der Waals surface area contributed by atoms with Crippen LogP contribution in [0.3, 0.4) is 0 Å². The molecule has 2 N–H and O–H groups in total. The molecular weight excluding hydrogens is 803 g/mol. The summed E-state index contributed by atoms with van der Waals surface area (Å²) in [5, 5.41) is 20.0. The van der Waals surface area contributed by atoms with Crippen LogP contribution >= 0.6 is 31.9 Å². The standard InChI is InChI=1S/C27H15Br2F9N6O4/c1-12-15(3-2-4-19(12)44(47)48)23(46)41-18-7-13(5-6-20(18)43-11-39-10-40-43)22(45)42-21-16(28)8-14(9-17(21)29)24(30,26(33,34)35)25(31,32)27(36,37)38/h2-11H,1H3,(H,41,46)(H,42,45). The summed E-state index contributed by atoms with van der Waals surface area (Å²) in [6.45, 7) is 1.34. The van der Waals surface area contributed by atoms with E-state index in [1.807, 2.05) is 0 Å². The van der Waals surface area contributed by atoms with Gasteiger partial charge in [-0.25, -0.2) is 14.1 Å². The van der Waals surface area contributed by atoms with E-state index in [0.29, 0.717) is 0 Å². The summed E-state index contributed by atoms with van der Waals surface area (Å²) in [4.78, 5) is 40.8. The Morgan fingerprint density at radius 3 is 2.02 bits per heavy atom. The van der Waals surface area contributed by atoms with Gasteiger partial charge in [0.25, 0.3) is 17.5 Å². The van der Waals surface area contributed by atoms with E-state index in [1.165, 1.54) is 48.3 Å². The monoisotopic (exact) mass is 816 g/mol. The number of hydrogen-bond donors (Lipinski definition) is 2. The number of benzene rings is 3. The molecule has 10 nitrogen and oxygen atoms in total. The van der Waals surface area contributed by atoms with E-state index in [2.05, 4.69) is 52.6 Å². The summed E-state index contributed by atoms with van der Waals surface area (Å²) in [6, 6.07) is 7.35. The van der Waals surface area contributed by atoms with Gasteiger partial charge in [-0.05, 0) is 75.2 Å². The second-order valence-corrected chi connectivity index (χ2v) is 11.4. The zero-order chi connectivity index (χ0) is 36.0. The maximum absolute atomic E-state index is 15.0. The van der Waals surface area contributed by atoms with Crippen LogP contribution in [0.5, 0.6) is 0 Å². The van der Waals surface area contributed by atoms with Gasteiger partial charge in [0.05, 0.1) is 22.0 Å². The largest absolute Gasteiger partial charge is 0.457 e. The fraction of sp³-hybridized carbons (Fsp3) is 0.185. The molecule has 0 aliphatic carbocycles. The van der Waals surface area contributed by atoms with Crippen molar-refractivity contribution in [3.05, 3.63) is 102 Å². The molecule has 0 aliphatic heterocycles. The molecule has 4 rings (SSSR count). The molecule has 254 valence electrons. The van der Waals surface area contributed by atoms with E-state index in [4.69, 9.17) is 0 Å². The lowest BCUT2D eigenvalue weighted by atomic mass is 9.87. The lowest BCUT2D eigenvalue weighted by Crippen LogP contribution is -2.59. The van der Waals surface area contributed by atoms with Crippen molar-refractivity contribution in [1.82, 2.24) is 14.8 Å². The SMILES string of the molecule is Cc1c(C(=O)Nc2cc(C(=O)Nc3c(Br)cc(C(F)(C(F)(F)F)C(F)(F)C(F)(F)F)cc3Br)ccc2-n2cncn2)cccc1[N+](=O)[O-]. The normalized spacial score (nSPS) is 13.5. The number of carbonyl (C=O) groups is 2. The van der Waals surface area contributed by atoms with Crippen LogP contribution in [0.15, 0.2) is 70.1 Å². The van der Waals surface area contributed by atoms with Crippen LogP contribution in [0.25, 0.3) is 5.69 Å². The minimum absolute atomic E-state index is 0.00829. The Labute approximate surface area is 278 Å². The third-order valence-corrected chi connectivity index (χ3v) is 8.03. The molecule has 21 heteroatoms. The molecule has 0 saturated carbocycles. The Balaban J connectivity index is 1.72.